The van der Waals surface area contributed by atoms with Gasteiger partial charge in [0, 0.05) is 35.6 Å². The number of amides is 1. The van der Waals surface area contributed by atoms with Gasteiger partial charge in [0.05, 0.1) is 4.92 Å². The Hall–Kier alpha value is -2.80. The second-order valence-electron chi connectivity index (χ2n) is 6.71. The number of nitro benzene ring substituents is 1. The summed E-state index contributed by atoms with van der Waals surface area (Å²) in [6, 6.07) is 11.7. The first-order valence-corrected chi connectivity index (χ1v) is 9.58. The Labute approximate surface area is 168 Å². The summed E-state index contributed by atoms with van der Waals surface area (Å²) >= 11 is 5.79. The second kappa shape index (κ2) is 8.93. The third-order valence-corrected chi connectivity index (χ3v) is 4.88. The van der Waals surface area contributed by atoms with Crippen LogP contribution in [-0.2, 0) is 4.79 Å². The summed E-state index contributed by atoms with van der Waals surface area (Å²) in [5.41, 5.74) is 1.50. The number of nitrogens with one attached hydrogen (secondary N) is 1. The minimum atomic E-state index is -0.915. The van der Waals surface area contributed by atoms with Gasteiger partial charge in [0.25, 0.3) is 5.91 Å². The Morgan fingerprint density at radius 3 is 2.50 bits per heavy atom. The van der Waals surface area contributed by atoms with Gasteiger partial charge in [0.2, 0.25) is 0 Å². The molecule has 2 aromatic carbocycles. The second-order valence-corrected chi connectivity index (χ2v) is 7.15. The van der Waals surface area contributed by atoms with Gasteiger partial charge in [0.1, 0.15) is 0 Å². The van der Waals surface area contributed by atoms with Crippen molar-refractivity contribution >= 4 is 34.6 Å². The zero-order valence-electron chi connectivity index (χ0n) is 15.6. The summed E-state index contributed by atoms with van der Waals surface area (Å²) in [7, 11) is 0. The zero-order valence-corrected chi connectivity index (χ0v) is 16.3. The number of carbonyl (C=O) groups is 1. The molecule has 1 heterocycles. The number of hydrogen-bond acceptors (Lipinski definition) is 5. The van der Waals surface area contributed by atoms with E-state index in [-0.39, 0.29) is 16.5 Å². The average Bonchev–Trinajstić information content (AvgIpc) is 2.70. The summed E-state index contributed by atoms with van der Waals surface area (Å²) in [5.74, 6) is -0.396. The lowest BCUT2D eigenvalue weighted by atomic mass is 10.1. The number of halogens is 1. The lowest BCUT2D eigenvalue weighted by molar-refractivity contribution is -0.386. The standard InChI is InChI=1S/C20H22ClN3O4/c1-14(28-19-10-5-15(21)13-18(19)24(26)27)20(25)22-16-6-8-17(9-7-16)23-11-3-2-4-12-23/h5-10,13-14H,2-4,11-12H2,1H3,(H,22,25)/t14-/m0/s1. The van der Waals surface area contributed by atoms with Gasteiger partial charge >= 0.3 is 5.69 Å². The normalized spacial score (nSPS) is 15.0. The highest BCUT2D eigenvalue weighted by Gasteiger charge is 2.22. The Bertz CT molecular complexity index is 851. The molecule has 1 fully saturated rings. The van der Waals surface area contributed by atoms with Crippen molar-refractivity contribution in [2.75, 3.05) is 23.3 Å². The van der Waals surface area contributed by atoms with Crippen LogP contribution in [-0.4, -0.2) is 30.0 Å². The molecular weight excluding hydrogens is 382 g/mol. The smallest absolute Gasteiger partial charge is 0.312 e. The maximum atomic E-state index is 12.4. The number of anilines is 2. The van der Waals surface area contributed by atoms with E-state index in [1.54, 1.807) is 0 Å². The van der Waals surface area contributed by atoms with Crippen molar-refractivity contribution in [1.82, 2.24) is 0 Å². The van der Waals surface area contributed by atoms with Crippen molar-refractivity contribution in [3.63, 3.8) is 0 Å². The summed E-state index contributed by atoms with van der Waals surface area (Å²) in [6.07, 6.45) is 2.75. The van der Waals surface area contributed by atoms with E-state index in [1.165, 1.54) is 44.4 Å². The van der Waals surface area contributed by atoms with Crippen molar-refractivity contribution in [2.24, 2.45) is 0 Å². The summed E-state index contributed by atoms with van der Waals surface area (Å²) in [6.45, 7) is 3.64. The number of nitrogens with zero attached hydrogens (tertiary/aromatic N) is 2. The van der Waals surface area contributed by atoms with Gasteiger partial charge in [-0.25, -0.2) is 0 Å². The largest absolute Gasteiger partial charge is 0.474 e. The number of ether oxygens (including phenoxy) is 1. The molecule has 3 rings (SSSR count). The van der Waals surface area contributed by atoms with Crippen LogP contribution >= 0.6 is 11.6 Å². The Morgan fingerprint density at radius 2 is 1.86 bits per heavy atom. The highest BCUT2D eigenvalue weighted by Crippen LogP contribution is 2.31. The summed E-state index contributed by atoms with van der Waals surface area (Å²) < 4.78 is 5.49. The molecule has 8 heteroatoms. The van der Waals surface area contributed by atoms with Gasteiger partial charge in [-0.1, -0.05) is 11.6 Å². The fourth-order valence-corrected chi connectivity index (χ4v) is 3.29. The van der Waals surface area contributed by atoms with Crippen LogP contribution in [0.4, 0.5) is 17.1 Å². The van der Waals surface area contributed by atoms with Crippen LogP contribution in [0, 0.1) is 10.1 Å². The number of carbonyl (C=O) groups excluding carboxylic acids is 1. The van der Waals surface area contributed by atoms with Gasteiger partial charge in [-0.05, 0) is 62.6 Å². The van der Waals surface area contributed by atoms with Crippen LogP contribution in [0.5, 0.6) is 5.75 Å². The zero-order chi connectivity index (χ0) is 20.1. The predicted octanol–water partition coefficient (Wildman–Crippen LogP) is 4.64. The van der Waals surface area contributed by atoms with Gasteiger partial charge in [-0.15, -0.1) is 0 Å². The van der Waals surface area contributed by atoms with Gasteiger partial charge in [-0.3, -0.25) is 14.9 Å². The van der Waals surface area contributed by atoms with E-state index < -0.39 is 16.9 Å². The SMILES string of the molecule is C[C@H](Oc1ccc(Cl)cc1[N+](=O)[O-])C(=O)Nc1ccc(N2CCCCC2)cc1. The molecule has 1 N–H and O–H groups in total. The molecule has 1 atom stereocenters. The van der Waals surface area contributed by atoms with Crippen molar-refractivity contribution in [1.29, 1.82) is 0 Å². The molecule has 0 saturated carbocycles. The molecule has 1 saturated heterocycles. The number of piperidine rings is 1. The number of benzene rings is 2. The van der Waals surface area contributed by atoms with Crippen molar-refractivity contribution in [3.05, 3.63) is 57.6 Å². The first kappa shape index (κ1) is 19.9. The molecule has 0 bridgehead atoms. The van der Waals surface area contributed by atoms with Crippen LogP contribution in [0.2, 0.25) is 5.02 Å². The molecule has 0 aliphatic carbocycles. The van der Waals surface area contributed by atoms with E-state index in [2.05, 4.69) is 10.2 Å². The molecule has 1 aliphatic rings. The van der Waals surface area contributed by atoms with Crippen LogP contribution in [0.25, 0.3) is 0 Å². The number of nitro groups is 1. The molecule has 0 unspecified atom stereocenters. The quantitative estimate of drug-likeness (QED) is 0.560. The first-order valence-electron chi connectivity index (χ1n) is 9.20. The molecule has 0 aromatic heterocycles. The van der Waals surface area contributed by atoms with Gasteiger partial charge < -0.3 is 15.0 Å². The number of rotatable bonds is 6. The maximum absolute atomic E-state index is 12.4. The lowest BCUT2D eigenvalue weighted by Crippen LogP contribution is -2.30. The summed E-state index contributed by atoms with van der Waals surface area (Å²) in [5, 5.41) is 14.1. The average molecular weight is 404 g/mol. The minimum Gasteiger partial charge on any atom is -0.474 e. The molecule has 148 valence electrons. The molecular formula is C20H22ClN3O4. The fourth-order valence-electron chi connectivity index (χ4n) is 3.13. The maximum Gasteiger partial charge on any atom is 0.312 e. The topological polar surface area (TPSA) is 84.7 Å². The third-order valence-electron chi connectivity index (χ3n) is 4.65. The Morgan fingerprint density at radius 1 is 1.18 bits per heavy atom. The highest BCUT2D eigenvalue weighted by molar-refractivity contribution is 6.30. The van der Waals surface area contributed by atoms with Crippen molar-refractivity contribution in [3.8, 4) is 5.75 Å². The Balaban J connectivity index is 1.62. The van der Waals surface area contributed by atoms with Crippen LogP contribution in [0.1, 0.15) is 26.2 Å². The molecule has 0 radical (unpaired) electrons. The van der Waals surface area contributed by atoms with E-state index in [0.717, 1.165) is 18.8 Å². The first-order chi connectivity index (χ1) is 13.4. The van der Waals surface area contributed by atoms with Crippen LogP contribution < -0.4 is 15.0 Å². The molecule has 1 aliphatic heterocycles. The van der Waals surface area contributed by atoms with Crippen molar-refractivity contribution < 1.29 is 14.5 Å². The van der Waals surface area contributed by atoms with E-state index in [9.17, 15) is 14.9 Å². The van der Waals surface area contributed by atoms with Crippen LogP contribution in [0.15, 0.2) is 42.5 Å². The van der Waals surface area contributed by atoms with Gasteiger partial charge in [0.15, 0.2) is 11.9 Å². The van der Waals surface area contributed by atoms with Crippen molar-refractivity contribution in [2.45, 2.75) is 32.3 Å². The summed E-state index contributed by atoms with van der Waals surface area (Å²) in [4.78, 5) is 25.3. The third kappa shape index (κ3) is 4.92. The van der Waals surface area contributed by atoms with E-state index in [1.807, 2.05) is 24.3 Å². The minimum absolute atomic E-state index is 0.00232. The molecule has 0 spiro atoms. The molecule has 2 aromatic rings. The van der Waals surface area contributed by atoms with Gasteiger partial charge in [-0.2, -0.15) is 0 Å². The molecule has 1 amide bonds. The molecule has 28 heavy (non-hydrogen) atoms. The monoisotopic (exact) mass is 403 g/mol. The number of hydrogen-bond donors (Lipinski definition) is 1. The van der Waals surface area contributed by atoms with E-state index >= 15 is 0 Å². The predicted molar refractivity (Wildman–Crippen MR) is 109 cm³/mol. The van der Waals surface area contributed by atoms with Crippen LogP contribution in [0.3, 0.4) is 0 Å². The van der Waals surface area contributed by atoms with E-state index in [0.29, 0.717) is 5.69 Å². The van der Waals surface area contributed by atoms with E-state index in [4.69, 9.17) is 16.3 Å². The lowest BCUT2D eigenvalue weighted by Gasteiger charge is -2.28. The fraction of sp³-hybridized carbons (Fsp3) is 0.350. The highest BCUT2D eigenvalue weighted by atomic mass is 35.5. The Kier molecular flexibility index (Phi) is 6.36. The molecule has 7 nitrogen and oxygen atoms in total.